The van der Waals surface area contributed by atoms with E-state index in [2.05, 4.69) is 19.1 Å². The molecule has 3 atom stereocenters. The van der Waals surface area contributed by atoms with Gasteiger partial charge in [0.2, 0.25) is 5.78 Å². The molecule has 1 fully saturated rings. The van der Waals surface area contributed by atoms with Gasteiger partial charge >= 0.3 is 5.97 Å². The molecule has 5 nitrogen and oxygen atoms in total. The summed E-state index contributed by atoms with van der Waals surface area (Å²) in [5.74, 6) is -1.26. The zero-order valence-electron chi connectivity index (χ0n) is 18.4. The second-order valence-corrected chi connectivity index (χ2v) is 8.16. The first-order valence-corrected chi connectivity index (χ1v) is 11.6. The van der Waals surface area contributed by atoms with Crippen molar-refractivity contribution in [2.75, 3.05) is 13.2 Å². The summed E-state index contributed by atoms with van der Waals surface area (Å²) in [6.45, 7) is 3.70. The van der Waals surface area contributed by atoms with E-state index >= 15 is 0 Å². The lowest BCUT2D eigenvalue weighted by Gasteiger charge is -2.15. The highest BCUT2D eigenvalue weighted by Crippen LogP contribution is 2.34. The van der Waals surface area contributed by atoms with Gasteiger partial charge in [0.25, 0.3) is 0 Å². The fourth-order valence-electron chi connectivity index (χ4n) is 4.11. The molecule has 1 aliphatic rings. The standard InChI is InChI=1S/C24H40O5/c1-3-5-6-7-8-10-13-19-16-17-22(26)21(19)15-12-9-11-14-20(18-25)23(27)24(28)29-4-2/h10,13,19-21,25H,3-9,11-12,14-18H2,1-2H3/t19-,20?,21+/m0/s1. The van der Waals surface area contributed by atoms with Gasteiger partial charge in [-0.05, 0) is 44.9 Å². The Hall–Kier alpha value is -1.49. The van der Waals surface area contributed by atoms with E-state index in [0.717, 1.165) is 38.5 Å². The molecule has 1 aliphatic carbocycles. The zero-order valence-corrected chi connectivity index (χ0v) is 18.4. The van der Waals surface area contributed by atoms with Gasteiger partial charge in [-0.1, -0.05) is 57.6 Å². The Morgan fingerprint density at radius 2 is 1.90 bits per heavy atom. The summed E-state index contributed by atoms with van der Waals surface area (Å²) in [7, 11) is 0. The molecule has 1 N–H and O–H groups in total. The van der Waals surface area contributed by atoms with Gasteiger partial charge in [-0.2, -0.15) is 0 Å². The number of rotatable bonds is 16. The SMILES string of the molecule is CCCCCCC=C[C@H]1CCC(=O)[C@@H]1CCCCCC(CO)C(=O)C(=O)OCC. The van der Waals surface area contributed by atoms with E-state index in [1.165, 1.54) is 25.7 Å². The minimum absolute atomic E-state index is 0.136. The van der Waals surface area contributed by atoms with Crippen LogP contribution in [0.4, 0.5) is 0 Å². The molecule has 1 rings (SSSR count). The Morgan fingerprint density at radius 1 is 1.14 bits per heavy atom. The van der Waals surface area contributed by atoms with Crippen LogP contribution in [-0.2, 0) is 19.1 Å². The van der Waals surface area contributed by atoms with Gasteiger partial charge in [-0.15, -0.1) is 0 Å². The molecule has 0 radical (unpaired) electrons. The number of carbonyl (C=O) groups is 3. The molecule has 0 spiro atoms. The van der Waals surface area contributed by atoms with Crippen LogP contribution in [-0.4, -0.2) is 35.9 Å². The zero-order chi connectivity index (χ0) is 21.5. The van der Waals surface area contributed by atoms with Crippen molar-refractivity contribution in [1.29, 1.82) is 0 Å². The molecule has 0 heterocycles. The maximum atomic E-state index is 12.2. The van der Waals surface area contributed by atoms with Gasteiger partial charge in [0, 0.05) is 12.3 Å². The minimum Gasteiger partial charge on any atom is -0.460 e. The monoisotopic (exact) mass is 408 g/mol. The molecule has 0 aromatic rings. The number of ether oxygens (including phenoxy) is 1. The topological polar surface area (TPSA) is 80.7 Å². The molecule has 1 unspecified atom stereocenters. The van der Waals surface area contributed by atoms with Crippen LogP contribution < -0.4 is 0 Å². The lowest BCUT2D eigenvalue weighted by molar-refractivity contribution is -0.156. The molecule has 0 aliphatic heterocycles. The van der Waals surface area contributed by atoms with Gasteiger partial charge in [0.15, 0.2) is 0 Å². The Labute approximate surface area is 176 Å². The average Bonchev–Trinajstić information content (AvgIpc) is 3.06. The summed E-state index contributed by atoms with van der Waals surface area (Å²) in [5, 5.41) is 9.38. The van der Waals surface area contributed by atoms with E-state index in [1.54, 1.807) is 6.92 Å². The van der Waals surface area contributed by atoms with Gasteiger partial charge in [0.05, 0.1) is 19.1 Å². The van der Waals surface area contributed by atoms with Crippen molar-refractivity contribution in [3.05, 3.63) is 12.2 Å². The Kier molecular flexibility index (Phi) is 13.5. The fourth-order valence-corrected chi connectivity index (χ4v) is 4.11. The van der Waals surface area contributed by atoms with E-state index in [0.29, 0.717) is 24.5 Å². The van der Waals surface area contributed by atoms with Crippen LogP contribution in [0, 0.1) is 17.8 Å². The smallest absolute Gasteiger partial charge is 0.374 e. The van der Waals surface area contributed by atoms with Crippen LogP contribution in [0.3, 0.4) is 0 Å². The third-order valence-electron chi connectivity index (χ3n) is 5.90. The molecule has 0 aromatic carbocycles. The third kappa shape index (κ3) is 9.70. The predicted molar refractivity (Wildman–Crippen MR) is 114 cm³/mol. The first kappa shape index (κ1) is 25.5. The number of allylic oxidation sites excluding steroid dienone is 2. The Bertz CT molecular complexity index is 525. The number of aliphatic hydroxyl groups excluding tert-OH is 1. The van der Waals surface area contributed by atoms with Gasteiger partial charge in [-0.25, -0.2) is 4.79 Å². The maximum Gasteiger partial charge on any atom is 0.374 e. The van der Waals surface area contributed by atoms with E-state index < -0.39 is 17.7 Å². The number of Topliss-reactive ketones (excluding diaryl/α,β-unsaturated/α-hetero) is 2. The second-order valence-electron chi connectivity index (χ2n) is 8.16. The maximum absolute atomic E-state index is 12.2. The number of esters is 1. The van der Waals surface area contributed by atoms with Crippen molar-refractivity contribution >= 4 is 17.5 Å². The van der Waals surface area contributed by atoms with Crippen LogP contribution >= 0.6 is 0 Å². The fraction of sp³-hybridized carbons (Fsp3) is 0.792. The molecule has 1 saturated carbocycles. The van der Waals surface area contributed by atoms with E-state index in [1.807, 2.05) is 0 Å². The second kappa shape index (κ2) is 15.4. The van der Waals surface area contributed by atoms with Crippen LogP contribution in [0.5, 0.6) is 0 Å². The summed E-state index contributed by atoms with van der Waals surface area (Å²) < 4.78 is 4.72. The normalized spacial score (nSPS) is 20.3. The van der Waals surface area contributed by atoms with Crippen LogP contribution in [0.2, 0.25) is 0 Å². The van der Waals surface area contributed by atoms with Crippen LogP contribution in [0.1, 0.15) is 90.9 Å². The first-order chi connectivity index (χ1) is 14.0. The van der Waals surface area contributed by atoms with E-state index in [-0.39, 0.29) is 19.1 Å². The molecule has 0 saturated heterocycles. The van der Waals surface area contributed by atoms with Crippen LogP contribution in [0.25, 0.3) is 0 Å². The third-order valence-corrected chi connectivity index (χ3v) is 5.90. The lowest BCUT2D eigenvalue weighted by atomic mass is 9.89. The molecule has 29 heavy (non-hydrogen) atoms. The first-order valence-electron chi connectivity index (χ1n) is 11.6. The van der Waals surface area contributed by atoms with Crippen molar-refractivity contribution in [2.45, 2.75) is 90.9 Å². The van der Waals surface area contributed by atoms with Crippen molar-refractivity contribution in [3.8, 4) is 0 Å². The minimum atomic E-state index is -0.854. The van der Waals surface area contributed by atoms with Crippen molar-refractivity contribution in [3.63, 3.8) is 0 Å². The van der Waals surface area contributed by atoms with Crippen molar-refractivity contribution in [1.82, 2.24) is 0 Å². The molecule has 5 heteroatoms. The van der Waals surface area contributed by atoms with Gasteiger partial charge in [0.1, 0.15) is 5.78 Å². The number of aliphatic hydroxyl groups is 1. The Morgan fingerprint density at radius 3 is 2.59 bits per heavy atom. The number of unbranched alkanes of at least 4 members (excludes halogenated alkanes) is 6. The number of carbonyl (C=O) groups excluding carboxylic acids is 3. The molecular formula is C24H40O5. The highest BCUT2D eigenvalue weighted by atomic mass is 16.5. The van der Waals surface area contributed by atoms with Crippen molar-refractivity contribution in [2.24, 2.45) is 17.8 Å². The average molecular weight is 409 g/mol. The number of hydrogen-bond acceptors (Lipinski definition) is 5. The number of ketones is 2. The lowest BCUT2D eigenvalue weighted by Crippen LogP contribution is -2.28. The molecule has 166 valence electrons. The summed E-state index contributed by atoms with van der Waals surface area (Å²) in [5.41, 5.74) is 0. The molecule has 0 bridgehead atoms. The highest BCUT2D eigenvalue weighted by Gasteiger charge is 2.32. The largest absolute Gasteiger partial charge is 0.460 e. The van der Waals surface area contributed by atoms with Gasteiger partial charge in [-0.3, -0.25) is 9.59 Å². The summed E-state index contributed by atoms with van der Waals surface area (Å²) in [6.07, 6.45) is 16.3. The van der Waals surface area contributed by atoms with Crippen molar-refractivity contribution < 1.29 is 24.2 Å². The van der Waals surface area contributed by atoms with Gasteiger partial charge < -0.3 is 9.84 Å². The van der Waals surface area contributed by atoms with Crippen LogP contribution in [0.15, 0.2) is 12.2 Å². The van der Waals surface area contributed by atoms with E-state index in [9.17, 15) is 19.5 Å². The highest BCUT2D eigenvalue weighted by molar-refractivity contribution is 6.34. The molecule has 0 amide bonds. The molecule has 0 aromatic heterocycles. The summed E-state index contributed by atoms with van der Waals surface area (Å²) in [6, 6.07) is 0. The molecular weight excluding hydrogens is 368 g/mol. The van der Waals surface area contributed by atoms with E-state index in [4.69, 9.17) is 4.74 Å². The predicted octanol–water partition coefficient (Wildman–Crippen LogP) is 4.80. The summed E-state index contributed by atoms with van der Waals surface area (Å²) >= 11 is 0. The Balaban J connectivity index is 2.30. The summed E-state index contributed by atoms with van der Waals surface area (Å²) in [4.78, 5) is 35.7. The quantitative estimate of drug-likeness (QED) is 0.172. The number of hydrogen-bond donors (Lipinski definition) is 1.